The molecule has 1 aromatic rings. The fourth-order valence-electron chi connectivity index (χ4n) is 3.03. The number of nitrogens with one attached hydrogen (secondary N) is 1. The molecule has 0 aromatic carbocycles. The van der Waals surface area contributed by atoms with E-state index in [4.69, 9.17) is 4.74 Å². The molecule has 2 heterocycles. The maximum Gasteiger partial charge on any atom is 0.0985 e. The van der Waals surface area contributed by atoms with E-state index in [9.17, 15) is 5.11 Å². The van der Waals surface area contributed by atoms with E-state index in [2.05, 4.69) is 24.3 Å². The maximum absolute atomic E-state index is 9.54. The summed E-state index contributed by atoms with van der Waals surface area (Å²) in [5.74, 6) is 0.518. The summed E-state index contributed by atoms with van der Waals surface area (Å²) in [6, 6.07) is 0.454. The largest absolute Gasteiger partial charge is 0.394 e. The van der Waals surface area contributed by atoms with Crippen molar-refractivity contribution in [2.24, 2.45) is 0 Å². The van der Waals surface area contributed by atoms with Crippen molar-refractivity contribution >= 4 is 0 Å². The topological polar surface area (TPSA) is 59.3 Å². The average Bonchev–Trinajstić information content (AvgIpc) is 2.77. The van der Waals surface area contributed by atoms with E-state index in [1.807, 2.05) is 10.9 Å². The summed E-state index contributed by atoms with van der Waals surface area (Å²) in [7, 11) is 1.66. The zero-order valence-corrected chi connectivity index (χ0v) is 12.1. The molecule has 1 aliphatic rings. The molecule has 2 N–H and O–H groups in total. The van der Waals surface area contributed by atoms with Crippen molar-refractivity contribution in [2.45, 2.75) is 44.7 Å². The van der Waals surface area contributed by atoms with Crippen molar-refractivity contribution in [3.05, 3.63) is 17.5 Å². The lowest BCUT2D eigenvalue weighted by Gasteiger charge is -2.30. The van der Waals surface area contributed by atoms with Gasteiger partial charge in [0.1, 0.15) is 0 Å². The number of rotatable bonds is 5. The normalized spacial score (nSPS) is 25.5. The highest BCUT2D eigenvalue weighted by atomic mass is 16.5. The average molecular weight is 267 g/mol. The van der Waals surface area contributed by atoms with E-state index in [1.54, 1.807) is 7.11 Å². The molecule has 1 saturated heterocycles. The lowest BCUT2D eigenvalue weighted by molar-refractivity contribution is 0.105. The third-order valence-corrected chi connectivity index (χ3v) is 3.95. The number of methoxy groups -OCH3 is 1. The third kappa shape index (κ3) is 3.16. The van der Waals surface area contributed by atoms with E-state index >= 15 is 0 Å². The number of aryl methyl sites for hydroxylation is 1. The first kappa shape index (κ1) is 14.5. The van der Waals surface area contributed by atoms with Crippen LogP contribution < -0.4 is 5.32 Å². The first-order valence-electron chi connectivity index (χ1n) is 7.04. The summed E-state index contributed by atoms with van der Waals surface area (Å²) in [6.45, 7) is 5.92. The minimum absolute atomic E-state index is 0.0580. The lowest BCUT2D eigenvalue weighted by atomic mass is 9.88. The van der Waals surface area contributed by atoms with Crippen molar-refractivity contribution < 1.29 is 9.84 Å². The minimum atomic E-state index is -0.0844. The number of ether oxygens (including phenoxy) is 1. The number of nitrogens with zero attached hydrogens (tertiary/aromatic N) is 2. The molecule has 5 heteroatoms. The molecule has 0 saturated carbocycles. The van der Waals surface area contributed by atoms with E-state index in [-0.39, 0.29) is 12.6 Å². The molecule has 0 aliphatic carbocycles. The van der Waals surface area contributed by atoms with Crippen molar-refractivity contribution in [1.82, 2.24) is 15.1 Å². The Labute approximate surface area is 115 Å². The molecule has 3 unspecified atom stereocenters. The van der Waals surface area contributed by atoms with Crippen LogP contribution in [0.2, 0.25) is 0 Å². The van der Waals surface area contributed by atoms with E-state index in [1.165, 1.54) is 11.3 Å². The van der Waals surface area contributed by atoms with Crippen LogP contribution in [0.3, 0.4) is 0 Å². The highest BCUT2D eigenvalue weighted by molar-refractivity contribution is 5.22. The van der Waals surface area contributed by atoms with Gasteiger partial charge in [-0.05, 0) is 38.8 Å². The summed E-state index contributed by atoms with van der Waals surface area (Å²) in [5.41, 5.74) is 2.48. The Bertz CT molecular complexity index is 405. The Kier molecular flexibility index (Phi) is 4.96. The number of hydrogen-bond donors (Lipinski definition) is 2. The molecule has 108 valence electrons. The maximum atomic E-state index is 9.54. The molecule has 0 amide bonds. The monoisotopic (exact) mass is 267 g/mol. The molecule has 2 rings (SSSR count). The molecule has 19 heavy (non-hydrogen) atoms. The molecule has 0 spiro atoms. The summed E-state index contributed by atoms with van der Waals surface area (Å²) < 4.78 is 7.16. The summed E-state index contributed by atoms with van der Waals surface area (Å²) in [4.78, 5) is 0. The van der Waals surface area contributed by atoms with Gasteiger partial charge in [0.05, 0.1) is 25.5 Å². The van der Waals surface area contributed by atoms with Crippen molar-refractivity contribution in [3.63, 3.8) is 0 Å². The van der Waals surface area contributed by atoms with Crippen LogP contribution in [0.15, 0.2) is 6.20 Å². The van der Waals surface area contributed by atoms with E-state index < -0.39 is 0 Å². The Morgan fingerprint density at radius 2 is 2.42 bits per heavy atom. The van der Waals surface area contributed by atoms with Gasteiger partial charge in [0.25, 0.3) is 0 Å². The molecular weight excluding hydrogens is 242 g/mol. The number of hydrogen-bond acceptors (Lipinski definition) is 4. The second-order valence-corrected chi connectivity index (χ2v) is 5.53. The Hall–Kier alpha value is -0.910. The molecule has 1 fully saturated rings. The van der Waals surface area contributed by atoms with E-state index in [0.717, 1.165) is 19.4 Å². The molecule has 3 atom stereocenters. The zero-order chi connectivity index (χ0) is 13.8. The standard InChI is InChI=1S/C14H25N3O2/c1-10-7-16-17(13(8-18)9-19-3)14(10)12-4-5-15-11(2)6-12/h7,11-13,15,18H,4-6,8-9H2,1-3H3. The van der Waals surface area contributed by atoms with Gasteiger partial charge >= 0.3 is 0 Å². The van der Waals surface area contributed by atoms with E-state index in [0.29, 0.717) is 18.6 Å². The third-order valence-electron chi connectivity index (χ3n) is 3.95. The van der Waals surface area contributed by atoms with Crippen LogP contribution in [0, 0.1) is 6.92 Å². The zero-order valence-electron chi connectivity index (χ0n) is 12.1. The van der Waals surface area contributed by atoms with Crippen LogP contribution in [-0.4, -0.2) is 47.8 Å². The Balaban J connectivity index is 2.25. The van der Waals surface area contributed by atoms with Gasteiger partial charge in [-0.1, -0.05) is 0 Å². The van der Waals surface area contributed by atoms with Crippen LogP contribution in [-0.2, 0) is 4.74 Å². The molecule has 1 aromatic heterocycles. The SMILES string of the molecule is COCC(CO)n1ncc(C)c1C1CCNC(C)C1. The number of piperidine rings is 1. The van der Waals surface area contributed by atoms with Gasteiger partial charge in [-0.25, -0.2) is 0 Å². The molecule has 1 aliphatic heterocycles. The summed E-state index contributed by atoms with van der Waals surface area (Å²) in [6.07, 6.45) is 4.15. The van der Waals surface area contributed by atoms with Crippen LogP contribution in [0.1, 0.15) is 43.0 Å². The number of aliphatic hydroxyl groups is 1. The number of aliphatic hydroxyl groups excluding tert-OH is 1. The second-order valence-electron chi connectivity index (χ2n) is 5.53. The molecule has 0 radical (unpaired) electrons. The number of aromatic nitrogens is 2. The van der Waals surface area contributed by atoms with Gasteiger partial charge in [-0.2, -0.15) is 5.10 Å². The van der Waals surface area contributed by atoms with Crippen molar-refractivity contribution in [1.29, 1.82) is 0 Å². The van der Waals surface area contributed by atoms with Crippen LogP contribution >= 0.6 is 0 Å². The quantitative estimate of drug-likeness (QED) is 0.842. The van der Waals surface area contributed by atoms with Gasteiger partial charge in [0, 0.05) is 24.8 Å². The van der Waals surface area contributed by atoms with Crippen LogP contribution in [0.25, 0.3) is 0 Å². The smallest absolute Gasteiger partial charge is 0.0985 e. The van der Waals surface area contributed by atoms with Crippen molar-refractivity contribution in [2.75, 3.05) is 26.9 Å². The highest BCUT2D eigenvalue weighted by Gasteiger charge is 2.27. The summed E-state index contributed by atoms with van der Waals surface area (Å²) in [5, 5.41) is 17.5. The predicted molar refractivity (Wildman–Crippen MR) is 74.4 cm³/mol. The lowest BCUT2D eigenvalue weighted by Crippen LogP contribution is -2.36. The van der Waals surface area contributed by atoms with Crippen LogP contribution in [0.4, 0.5) is 0 Å². The fourth-order valence-corrected chi connectivity index (χ4v) is 3.03. The molecule has 0 bridgehead atoms. The van der Waals surface area contributed by atoms with Crippen LogP contribution in [0.5, 0.6) is 0 Å². The molecular formula is C14H25N3O2. The first-order chi connectivity index (χ1) is 9.17. The molecule has 5 nitrogen and oxygen atoms in total. The van der Waals surface area contributed by atoms with Gasteiger partial charge in [-0.3, -0.25) is 4.68 Å². The highest BCUT2D eigenvalue weighted by Crippen LogP contribution is 2.31. The van der Waals surface area contributed by atoms with Gasteiger partial charge < -0.3 is 15.2 Å². The van der Waals surface area contributed by atoms with Gasteiger partial charge in [0.2, 0.25) is 0 Å². The summed E-state index contributed by atoms with van der Waals surface area (Å²) >= 11 is 0. The van der Waals surface area contributed by atoms with Gasteiger partial charge in [0.15, 0.2) is 0 Å². The first-order valence-corrected chi connectivity index (χ1v) is 7.04. The Morgan fingerprint density at radius 1 is 1.63 bits per heavy atom. The van der Waals surface area contributed by atoms with Gasteiger partial charge in [-0.15, -0.1) is 0 Å². The fraction of sp³-hybridized carbons (Fsp3) is 0.786. The minimum Gasteiger partial charge on any atom is -0.394 e. The predicted octanol–water partition coefficient (Wildman–Crippen LogP) is 1.23. The van der Waals surface area contributed by atoms with Crippen molar-refractivity contribution in [3.8, 4) is 0 Å². The Morgan fingerprint density at radius 3 is 3.05 bits per heavy atom. The second kappa shape index (κ2) is 6.50.